The summed E-state index contributed by atoms with van der Waals surface area (Å²) in [5, 5.41) is 10.4. The molecule has 3 aromatic rings. The molecule has 1 aliphatic carbocycles. The Balaban J connectivity index is 1.36. The monoisotopic (exact) mass is 376 g/mol. The lowest BCUT2D eigenvalue weighted by Gasteiger charge is -2.52. The van der Waals surface area contributed by atoms with Crippen LogP contribution in [0.25, 0.3) is 5.52 Å². The lowest BCUT2D eigenvalue weighted by molar-refractivity contribution is 0.0150. The second-order valence-corrected chi connectivity index (χ2v) is 7.94. The number of carbonyl (C=O) groups is 2. The number of pyridine rings is 1. The first kappa shape index (κ1) is 18.2. The molecule has 2 aromatic heterocycles. The van der Waals surface area contributed by atoms with Crippen LogP contribution in [-0.2, 0) is 0 Å². The molecule has 6 nitrogen and oxygen atoms in total. The number of amides is 2. The summed E-state index contributed by atoms with van der Waals surface area (Å²) in [6.45, 7) is 4.88. The molecule has 1 aliphatic rings. The van der Waals surface area contributed by atoms with E-state index in [0.29, 0.717) is 23.6 Å². The van der Waals surface area contributed by atoms with Crippen molar-refractivity contribution in [3.05, 3.63) is 72.1 Å². The van der Waals surface area contributed by atoms with Crippen LogP contribution in [0.5, 0.6) is 0 Å². The van der Waals surface area contributed by atoms with Crippen LogP contribution < -0.4 is 10.6 Å². The van der Waals surface area contributed by atoms with Crippen molar-refractivity contribution < 1.29 is 9.59 Å². The summed E-state index contributed by atoms with van der Waals surface area (Å²) >= 11 is 0. The van der Waals surface area contributed by atoms with Crippen LogP contribution in [0, 0.1) is 11.3 Å². The van der Waals surface area contributed by atoms with Crippen LogP contribution in [-0.4, -0.2) is 34.0 Å². The topological polar surface area (TPSA) is 75.5 Å². The van der Waals surface area contributed by atoms with E-state index in [1.165, 1.54) is 0 Å². The van der Waals surface area contributed by atoms with Crippen LogP contribution >= 0.6 is 0 Å². The van der Waals surface area contributed by atoms with Gasteiger partial charge in [-0.05, 0) is 48.1 Å². The molecule has 1 aromatic carbocycles. The molecule has 0 aliphatic heterocycles. The molecule has 1 saturated carbocycles. The second kappa shape index (κ2) is 7.11. The first-order valence-corrected chi connectivity index (χ1v) is 9.53. The molecule has 144 valence electrons. The lowest BCUT2D eigenvalue weighted by atomic mass is 9.58. The van der Waals surface area contributed by atoms with E-state index in [1.807, 2.05) is 42.6 Å². The van der Waals surface area contributed by atoms with Crippen molar-refractivity contribution in [3.63, 3.8) is 0 Å². The standard InChI is InChI=1S/C22H24N4O2/c1-22(2)16(14-23-20(27)15-7-4-3-5-8-15)13-19(22)25-21(28)17-9-6-12-26-18(17)10-11-24-26/h3-12,16,19H,13-14H2,1-2H3,(H,23,27)(H,25,28). The molecule has 28 heavy (non-hydrogen) atoms. The Labute approximate surface area is 163 Å². The third kappa shape index (κ3) is 3.26. The highest BCUT2D eigenvalue weighted by atomic mass is 16.2. The highest BCUT2D eigenvalue weighted by Crippen LogP contribution is 2.46. The number of benzene rings is 1. The molecule has 2 heterocycles. The maximum absolute atomic E-state index is 12.8. The molecule has 6 heteroatoms. The second-order valence-electron chi connectivity index (χ2n) is 7.94. The number of carbonyl (C=O) groups excluding carboxylic acids is 2. The van der Waals surface area contributed by atoms with Gasteiger partial charge in [-0.2, -0.15) is 5.10 Å². The van der Waals surface area contributed by atoms with Gasteiger partial charge in [-0.3, -0.25) is 9.59 Å². The maximum atomic E-state index is 12.8. The molecule has 0 spiro atoms. The van der Waals surface area contributed by atoms with Crippen LogP contribution in [0.1, 0.15) is 41.0 Å². The Morgan fingerprint density at radius 1 is 1.11 bits per heavy atom. The summed E-state index contributed by atoms with van der Waals surface area (Å²) in [7, 11) is 0. The number of nitrogens with zero attached hydrogens (tertiary/aromatic N) is 2. The first-order chi connectivity index (χ1) is 13.5. The maximum Gasteiger partial charge on any atom is 0.253 e. The Hall–Kier alpha value is -3.15. The average molecular weight is 376 g/mol. The highest BCUT2D eigenvalue weighted by molar-refractivity contribution is 6.00. The number of hydrogen-bond acceptors (Lipinski definition) is 3. The first-order valence-electron chi connectivity index (χ1n) is 9.53. The summed E-state index contributed by atoms with van der Waals surface area (Å²) in [6.07, 6.45) is 4.35. The van der Waals surface area contributed by atoms with Gasteiger partial charge in [0.1, 0.15) is 0 Å². The Morgan fingerprint density at radius 2 is 1.89 bits per heavy atom. The van der Waals surface area contributed by atoms with Gasteiger partial charge in [-0.1, -0.05) is 32.0 Å². The van der Waals surface area contributed by atoms with Gasteiger partial charge in [0.25, 0.3) is 11.8 Å². The van der Waals surface area contributed by atoms with E-state index >= 15 is 0 Å². The Kier molecular flexibility index (Phi) is 4.63. The molecule has 2 atom stereocenters. The number of nitrogens with one attached hydrogen (secondary N) is 2. The van der Waals surface area contributed by atoms with Gasteiger partial charge in [-0.25, -0.2) is 4.52 Å². The molecule has 2 N–H and O–H groups in total. The van der Waals surface area contributed by atoms with E-state index in [4.69, 9.17) is 0 Å². The average Bonchev–Trinajstić information content (AvgIpc) is 3.19. The predicted octanol–water partition coefficient (Wildman–Crippen LogP) is 2.91. The molecule has 0 radical (unpaired) electrons. The van der Waals surface area contributed by atoms with Gasteiger partial charge in [0, 0.05) is 24.3 Å². The minimum atomic E-state index is -0.0923. The Bertz CT molecular complexity index is 1010. The number of aromatic nitrogens is 2. The largest absolute Gasteiger partial charge is 0.352 e. The zero-order chi connectivity index (χ0) is 19.7. The van der Waals surface area contributed by atoms with Crippen LogP contribution in [0.3, 0.4) is 0 Å². The van der Waals surface area contributed by atoms with Gasteiger partial charge in [0.15, 0.2) is 0 Å². The lowest BCUT2D eigenvalue weighted by Crippen LogP contribution is -2.60. The normalized spacial score (nSPS) is 20.4. The molecule has 2 unspecified atom stereocenters. The third-order valence-corrected chi connectivity index (χ3v) is 6.00. The van der Waals surface area contributed by atoms with Crippen LogP contribution in [0.2, 0.25) is 0 Å². The van der Waals surface area contributed by atoms with Gasteiger partial charge < -0.3 is 10.6 Å². The van der Waals surface area contributed by atoms with Crippen molar-refractivity contribution in [2.24, 2.45) is 11.3 Å². The fourth-order valence-corrected chi connectivity index (χ4v) is 3.90. The van der Waals surface area contributed by atoms with Crippen molar-refractivity contribution in [3.8, 4) is 0 Å². The quantitative estimate of drug-likeness (QED) is 0.719. The molecule has 1 fully saturated rings. The zero-order valence-electron chi connectivity index (χ0n) is 16.1. The number of hydrogen-bond donors (Lipinski definition) is 2. The van der Waals surface area contributed by atoms with Gasteiger partial charge in [-0.15, -0.1) is 0 Å². The van der Waals surface area contributed by atoms with Crippen molar-refractivity contribution >= 4 is 17.3 Å². The van der Waals surface area contributed by atoms with Gasteiger partial charge in [0.2, 0.25) is 0 Å². The van der Waals surface area contributed by atoms with E-state index in [9.17, 15) is 9.59 Å². The number of rotatable bonds is 5. The van der Waals surface area contributed by atoms with E-state index < -0.39 is 0 Å². The van der Waals surface area contributed by atoms with E-state index in [1.54, 1.807) is 22.8 Å². The minimum absolute atomic E-state index is 0.0590. The molecular formula is C22H24N4O2. The van der Waals surface area contributed by atoms with E-state index in [2.05, 4.69) is 29.6 Å². The van der Waals surface area contributed by atoms with Crippen LogP contribution in [0.4, 0.5) is 0 Å². The minimum Gasteiger partial charge on any atom is -0.352 e. The fourth-order valence-electron chi connectivity index (χ4n) is 3.90. The summed E-state index contributed by atoms with van der Waals surface area (Å²) in [4.78, 5) is 25.0. The summed E-state index contributed by atoms with van der Waals surface area (Å²) in [6, 6.07) is 14.8. The van der Waals surface area contributed by atoms with E-state index in [0.717, 1.165) is 11.9 Å². The van der Waals surface area contributed by atoms with Crippen molar-refractivity contribution in [2.45, 2.75) is 26.3 Å². The zero-order valence-corrected chi connectivity index (χ0v) is 16.1. The van der Waals surface area contributed by atoms with Crippen LogP contribution in [0.15, 0.2) is 60.9 Å². The van der Waals surface area contributed by atoms with Gasteiger partial charge >= 0.3 is 0 Å². The summed E-state index contributed by atoms with van der Waals surface area (Å²) < 4.78 is 1.70. The third-order valence-electron chi connectivity index (χ3n) is 6.00. The van der Waals surface area contributed by atoms with Crippen molar-refractivity contribution in [1.29, 1.82) is 0 Å². The van der Waals surface area contributed by atoms with E-state index in [-0.39, 0.29) is 23.3 Å². The molecule has 4 rings (SSSR count). The smallest absolute Gasteiger partial charge is 0.253 e. The summed E-state index contributed by atoms with van der Waals surface area (Å²) in [5.74, 6) is 0.170. The predicted molar refractivity (Wildman–Crippen MR) is 107 cm³/mol. The highest BCUT2D eigenvalue weighted by Gasteiger charge is 2.48. The molecule has 2 amide bonds. The van der Waals surface area contributed by atoms with Crippen molar-refractivity contribution in [2.75, 3.05) is 6.54 Å². The Morgan fingerprint density at radius 3 is 2.64 bits per heavy atom. The fraction of sp³-hybridized carbons (Fsp3) is 0.318. The molecule has 0 bridgehead atoms. The van der Waals surface area contributed by atoms with Gasteiger partial charge in [0.05, 0.1) is 17.3 Å². The SMILES string of the molecule is CC1(C)C(CNC(=O)c2ccccc2)CC1NC(=O)c1cccn2nccc12. The van der Waals surface area contributed by atoms with Crippen molar-refractivity contribution in [1.82, 2.24) is 20.2 Å². The summed E-state index contributed by atoms with van der Waals surface area (Å²) in [5.41, 5.74) is 1.99. The molecular weight excluding hydrogens is 352 g/mol. The molecule has 0 saturated heterocycles. The number of fused-ring (bicyclic) bond motifs is 1.